The van der Waals surface area contributed by atoms with Gasteiger partial charge < -0.3 is 5.73 Å². The quantitative estimate of drug-likeness (QED) is 0.677. The van der Waals surface area contributed by atoms with Gasteiger partial charge in [-0.2, -0.15) is 5.26 Å². The monoisotopic (exact) mass is 158 g/mol. The van der Waals surface area contributed by atoms with Crippen molar-refractivity contribution >= 4 is 0 Å². The van der Waals surface area contributed by atoms with E-state index in [0.29, 0.717) is 6.42 Å². The average molecular weight is 158 g/mol. The Morgan fingerprint density at radius 1 is 1.73 bits per heavy atom. The summed E-state index contributed by atoms with van der Waals surface area (Å²) in [5.74, 6) is 0. The van der Waals surface area contributed by atoms with Crippen molar-refractivity contribution in [3.05, 3.63) is 0 Å². The first-order chi connectivity index (χ1) is 5.04. The Morgan fingerprint density at radius 2 is 2.27 bits per heavy atom. The standard InChI is InChI=1S/C8H15FN2/c1-3-4-8(11,6-10)5-7(2)9/h7H,3-5,11H2,1-2H3. The second-order valence-electron chi connectivity index (χ2n) is 3.00. The minimum atomic E-state index is -0.994. The highest BCUT2D eigenvalue weighted by molar-refractivity contribution is 5.04. The molecule has 3 heteroatoms. The first-order valence-corrected chi connectivity index (χ1v) is 3.88. The zero-order valence-electron chi connectivity index (χ0n) is 7.10. The van der Waals surface area contributed by atoms with E-state index < -0.39 is 11.7 Å². The predicted molar refractivity (Wildman–Crippen MR) is 42.6 cm³/mol. The third-order valence-electron chi connectivity index (χ3n) is 1.56. The Balaban J connectivity index is 4.02. The molecule has 0 fully saturated rings. The Hall–Kier alpha value is -0.620. The summed E-state index contributed by atoms with van der Waals surface area (Å²) in [5, 5.41) is 8.62. The number of nitrogens with two attached hydrogens (primary N) is 1. The van der Waals surface area contributed by atoms with Crippen LogP contribution in [0.2, 0.25) is 0 Å². The number of nitriles is 1. The number of alkyl halides is 1. The van der Waals surface area contributed by atoms with E-state index in [9.17, 15) is 4.39 Å². The van der Waals surface area contributed by atoms with Crippen molar-refractivity contribution < 1.29 is 4.39 Å². The van der Waals surface area contributed by atoms with Crippen molar-refractivity contribution in [2.45, 2.75) is 44.8 Å². The van der Waals surface area contributed by atoms with E-state index in [1.807, 2.05) is 13.0 Å². The van der Waals surface area contributed by atoms with Crippen LogP contribution in [0.1, 0.15) is 33.1 Å². The van der Waals surface area contributed by atoms with E-state index in [2.05, 4.69) is 0 Å². The molecular weight excluding hydrogens is 143 g/mol. The smallest absolute Gasteiger partial charge is 0.107 e. The summed E-state index contributed by atoms with van der Waals surface area (Å²) in [4.78, 5) is 0. The van der Waals surface area contributed by atoms with Crippen LogP contribution in [0.3, 0.4) is 0 Å². The first-order valence-electron chi connectivity index (χ1n) is 3.88. The fraction of sp³-hybridized carbons (Fsp3) is 0.875. The molecule has 11 heavy (non-hydrogen) atoms. The van der Waals surface area contributed by atoms with E-state index in [1.54, 1.807) is 0 Å². The first kappa shape index (κ1) is 10.4. The summed E-state index contributed by atoms with van der Waals surface area (Å²) < 4.78 is 12.5. The molecule has 0 aliphatic heterocycles. The Morgan fingerprint density at radius 3 is 2.55 bits per heavy atom. The highest BCUT2D eigenvalue weighted by atomic mass is 19.1. The molecule has 0 aromatic rings. The molecule has 0 heterocycles. The van der Waals surface area contributed by atoms with E-state index in [4.69, 9.17) is 11.0 Å². The molecule has 0 aromatic carbocycles. The van der Waals surface area contributed by atoms with Gasteiger partial charge in [0.25, 0.3) is 0 Å². The lowest BCUT2D eigenvalue weighted by molar-refractivity contribution is 0.283. The predicted octanol–water partition coefficient (Wildman–Crippen LogP) is 1.76. The number of hydrogen-bond acceptors (Lipinski definition) is 2. The van der Waals surface area contributed by atoms with Gasteiger partial charge >= 0.3 is 0 Å². The van der Waals surface area contributed by atoms with Gasteiger partial charge in [0, 0.05) is 6.42 Å². The van der Waals surface area contributed by atoms with Gasteiger partial charge in [-0.05, 0) is 13.3 Å². The normalized spacial score (nSPS) is 18.5. The molecule has 0 spiro atoms. The third kappa shape index (κ3) is 3.94. The summed E-state index contributed by atoms with van der Waals surface area (Å²) in [6.07, 6.45) is 0.525. The summed E-state index contributed by atoms with van der Waals surface area (Å²) in [7, 11) is 0. The number of hydrogen-bond donors (Lipinski definition) is 1. The van der Waals surface area contributed by atoms with Crippen LogP contribution in [0.15, 0.2) is 0 Å². The minimum Gasteiger partial charge on any atom is -0.313 e. The maximum Gasteiger partial charge on any atom is 0.107 e. The average Bonchev–Trinajstić information content (AvgIpc) is 1.87. The zero-order chi connectivity index (χ0) is 8.91. The van der Waals surface area contributed by atoms with Gasteiger partial charge in [-0.1, -0.05) is 13.3 Å². The lowest BCUT2D eigenvalue weighted by Crippen LogP contribution is -2.40. The molecule has 0 amide bonds. The maximum atomic E-state index is 12.5. The van der Waals surface area contributed by atoms with Crippen molar-refractivity contribution in [1.29, 1.82) is 5.26 Å². The molecule has 0 aliphatic carbocycles. The second kappa shape index (κ2) is 4.30. The van der Waals surface area contributed by atoms with Crippen molar-refractivity contribution in [3.63, 3.8) is 0 Å². The topological polar surface area (TPSA) is 49.8 Å². The Bertz CT molecular complexity index is 151. The SMILES string of the molecule is CCCC(N)(C#N)CC(C)F. The van der Waals surface area contributed by atoms with Crippen molar-refractivity contribution in [2.24, 2.45) is 5.73 Å². The van der Waals surface area contributed by atoms with Gasteiger partial charge in [0.15, 0.2) is 0 Å². The molecule has 0 saturated carbocycles. The molecule has 0 aromatic heterocycles. The molecule has 2 atom stereocenters. The van der Waals surface area contributed by atoms with Crippen LogP contribution < -0.4 is 5.73 Å². The van der Waals surface area contributed by atoms with Crippen LogP contribution in [-0.4, -0.2) is 11.7 Å². The fourth-order valence-corrected chi connectivity index (χ4v) is 1.15. The number of nitrogens with zero attached hydrogens (tertiary/aromatic N) is 1. The van der Waals surface area contributed by atoms with Crippen LogP contribution in [0.5, 0.6) is 0 Å². The molecule has 64 valence electrons. The molecule has 0 bridgehead atoms. The van der Waals surface area contributed by atoms with Gasteiger partial charge in [0.2, 0.25) is 0 Å². The highest BCUT2D eigenvalue weighted by Crippen LogP contribution is 2.16. The zero-order valence-corrected chi connectivity index (χ0v) is 7.10. The number of halogens is 1. The van der Waals surface area contributed by atoms with Crippen molar-refractivity contribution in [3.8, 4) is 6.07 Å². The maximum absolute atomic E-state index is 12.5. The third-order valence-corrected chi connectivity index (χ3v) is 1.56. The summed E-state index contributed by atoms with van der Waals surface area (Å²) in [6, 6.07) is 1.95. The Kier molecular flexibility index (Phi) is 4.06. The minimum absolute atomic E-state index is 0.136. The van der Waals surface area contributed by atoms with Crippen LogP contribution in [0, 0.1) is 11.3 Å². The Labute approximate surface area is 67.2 Å². The molecule has 2 N–H and O–H groups in total. The molecule has 0 aliphatic rings. The molecule has 0 rings (SSSR count). The van der Waals surface area contributed by atoms with Gasteiger partial charge in [0.05, 0.1) is 6.07 Å². The highest BCUT2D eigenvalue weighted by Gasteiger charge is 2.25. The van der Waals surface area contributed by atoms with Crippen molar-refractivity contribution in [2.75, 3.05) is 0 Å². The van der Waals surface area contributed by atoms with Crippen LogP contribution in [0.4, 0.5) is 4.39 Å². The molecule has 0 radical (unpaired) electrons. The van der Waals surface area contributed by atoms with Gasteiger partial charge in [0.1, 0.15) is 11.7 Å². The van der Waals surface area contributed by atoms with E-state index in [-0.39, 0.29) is 6.42 Å². The summed E-state index contributed by atoms with van der Waals surface area (Å²) >= 11 is 0. The van der Waals surface area contributed by atoms with Crippen LogP contribution in [-0.2, 0) is 0 Å². The number of rotatable bonds is 4. The van der Waals surface area contributed by atoms with E-state index >= 15 is 0 Å². The van der Waals surface area contributed by atoms with E-state index in [1.165, 1.54) is 6.92 Å². The largest absolute Gasteiger partial charge is 0.313 e. The second-order valence-corrected chi connectivity index (χ2v) is 3.00. The lowest BCUT2D eigenvalue weighted by Gasteiger charge is -2.20. The fourth-order valence-electron chi connectivity index (χ4n) is 1.15. The molecular formula is C8H15FN2. The van der Waals surface area contributed by atoms with Gasteiger partial charge in [-0.25, -0.2) is 4.39 Å². The van der Waals surface area contributed by atoms with Crippen LogP contribution >= 0.6 is 0 Å². The van der Waals surface area contributed by atoms with E-state index in [0.717, 1.165) is 6.42 Å². The molecule has 2 unspecified atom stereocenters. The summed E-state index contributed by atoms with van der Waals surface area (Å²) in [5.41, 5.74) is 4.65. The molecule has 0 saturated heterocycles. The lowest BCUT2D eigenvalue weighted by atomic mass is 9.91. The van der Waals surface area contributed by atoms with Crippen molar-refractivity contribution in [1.82, 2.24) is 0 Å². The van der Waals surface area contributed by atoms with Crippen LogP contribution in [0.25, 0.3) is 0 Å². The van der Waals surface area contributed by atoms with Gasteiger partial charge in [-0.3, -0.25) is 0 Å². The van der Waals surface area contributed by atoms with Gasteiger partial charge in [-0.15, -0.1) is 0 Å². The summed E-state index contributed by atoms with van der Waals surface area (Å²) in [6.45, 7) is 3.36. The molecule has 2 nitrogen and oxygen atoms in total.